The second-order valence-corrected chi connectivity index (χ2v) is 7.31. The minimum absolute atomic E-state index is 0.0934. The van der Waals surface area contributed by atoms with E-state index in [1.165, 1.54) is 35.9 Å². The van der Waals surface area contributed by atoms with Gasteiger partial charge < -0.3 is 10.6 Å². The maximum absolute atomic E-state index is 13.0. The monoisotopic (exact) mass is 439 g/mol. The summed E-state index contributed by atoms with van der Waals surface area (Å²) in [6, 6.07) is 11.8. The van der Waals surface area contributed by atoms with Gasteiger partial charge in [0.05, 0.1) is 11.0 Å². The molecule has 0 aliphatic rings. The van der Waals surface area contributed by atoms with Gasteiger partial charge in [-0.05, 0) is 62.7 Å². The summed E-state index contributed by atoms with van der Waals surface area (Å²) in [5.74, 6) is -1.12. The summed E-state index contributed by atoms with van der Waals surface area (Å²) in [6.45, 7) is 4.73. The molecule has 32 heavy (non-hydrogen) atoms. The number of carbonyl (C=O) groups excluding carboxylic acids is 2. The number of halogens is 1. The van der Waals surface area contributed by atoms with E-state index in [1.54, 1.807) is 38.1 Å². The summed E-state index contributed by atoms with van der Waals surface area (Å²) in [7, 11) is 0. The SMILES string of the molecule is Cc1nn(CC(=O)NC(C)c2ccc(NC(=O)c3ccc(F)cc3)cc2)c(C)c1[N+](=O)[O-]. The summed E-state index contributed by atoms with van der Waals surface area (Å²) >= 11 is 0. The molecule has 0 aliphatic heterocycles. The normalized spacial score (nSPS) is 11.6. The fraction of sp³-hybridized carbons (Fsp3) is 0.227. The number of aromatic nitrogens is 2. The van der Waals surface area contributed by atoms with Crippen LogP contribution < -0.4 is 10.6 Å². The maximum Gasteiger partial charge on any atom is 0.312 e. The Kier molecular flexibility index (Phi) is 6.62. The van der Waals surface area contributed by atoms with Crippen molar-refractivity contribution in [3.05, 3.63) is 87.0 Å². The van der Waals surface area contributed by atoms with Gasteiger partial charge in [-0.3, -0.25) is 24.4 Å². The van der Waals surface area contributed by atoms with Crippen molar-refractivity contribution in [3.8, 4) is 0 Å². The Bertz CT molecular complexity index is 1160. The molecule has 0 radical (unpaired) electrons. The third kappa shape index (κ3) is 5.15. The Balaban J connectivity index is 1.59. The number of nitro groups is 1. The largest absolute Gasteiger partial charge is 0.348 e. The van der Waals surface area contributed by atoms with Crippen molar-refractivity contribution in [2.45, 2.75) is 33.4 Å². The molecule has 3 aromatic rings. The Morgan fingerprint density at radius 1 is 1.12 bits per heavy atom. The zero-order valence-corrected chi connectivity index (χ0v) is 17.8. The lowest BCUT2D eigenvalue weighted by atomic mass is 10.1. The minimum atomic E-state index is -0.509. The smallest absolute Gasteiger partial charge is 0.312 e. The minimum Gasteiger partial charge on any atom is -0.348 e. The fourth-order valence-corrected chi connectivity index (χ4v) is 3.27. The Morgan fingerprint density at radius 2 is 1.75 bits per heavy atom. The number of amides is 2. The van der Waals surface area contributed by atoms with Crippen LogP contribution in [-0.4, -0.2) is 26.5 Å². The van der Waals surface area contributed by atoms with Gasteiger partial charge in [0.1, 0.15) is 23.7 Å². The summed E-state index contributed by atoms with van der Waals surface area (Å²) in [4.78, 5) is 35.2. The first-order valence-electron chi connectivity index (χ1n) is 9.80. The molecule has 0 saturated heterocycles. The first kappa shape index (κ1) is 22.6. The van der Waals surface area contributed by atoms with E-state index < -0.39 is 10.7 Å². The van der Waals surface area contributed by atoms with Gasteiger partial charge in [0.2, 0.25) is 5.91 Å². The predicted molar refractivity (Wildman–Crippen MR) is 116 cm³/mol. The molecular formula is C22H22FN5O4. The van der Waals surface area contributed by atoms with Crippen molar-refractivity contribution < 1.29 is 18.9 Å². The molecule has 1 atom stereocenters. The number of nitrogens with one attached hydrogen (secondary N) is 2. The molecule has 9 nitrogen and oxygen atoms in total. The van der Waals surface area contributed by atoms with E-state index >= 15 is 0 Å². The second kappa shape index (κ2) is 9.38. The molecule has 0 saturated carbocycles. The summed E-state index contributed by atoms with van der Waals surface area (Å²) in [6.07, 6.45) is 0. The molecular weight excluding hydrogens is 417 g/mol. The highest BCUT2D eigenvalue weighted by Gasteiger charge is 2.23. The van der Waals surface area contributed by atoms with Gasteiger partial charge in [0, 0.05) is 11.3 Å². The number of aryl methyl sites for hydroxylation is 1. The van der Waals surface area contributed by atoms with Gasteiger partial charge in [-0.1, -0.05) is 12.1 Å². The molecule has 2 amide bonds. The predicted octanol–water partition coefficient (Wildman–Crippen LogP) is 3.68. The number of hydrogen-bond acceptors (Lipinski definition) is 5. The highest BCUT2D eigenvalue weighted by Crippen LogP contribution is 2.22. The molecule has 0 aliphatic carbocycles. The second-order valence-electron chi connectivity index (χ2n) is 7.31. The van der Waals surface area contributed by atoms with Gasteiger partial charge in [0.15, 0.2) is 0 Å². The first-order chi connectivity index (χ1) is 15.2. The van der Waals surface area contributed by atoms with Crippen LogP contribution in [0.3, 0.4) is 0 Å². The molecule has 1 aromatic heterocycles. The molecule has 166 valence electrons. The number of hydrogen-bond donors (Lipinski definition) is 2. The van der Waals surface area contributed by atoms with E-state index in [-0.39, 0.29) is 35.8 Å². The number of anilines is 1. The molecule has 1 heterocycles. The van der Waals surface area contributed by atoms with E-state index in [0.717, 1.165) is 5.56 Å². The third-order valence-corrected chi connectivity index (χ3v) is 4.97. The molecule has 1 unspecified atom stereocenters. The number of rotatable bonds is 7. The van der Waals surface area contributed by atoms with Crippen molar-refractivity contribution in [1.82, 2.24) is 15.1 Å². The van der Waals surface area contributed by atoms with Gasteiger partial charge in [-0.15, -0.1) is 0 Å². The van der Waals surface area contributed by atoms with Crippen LogP contribution in [0.1, 0.15) is 40.3 Å². The zero-order valence-electron chi connectivity index (χ0n) is 17.8. The van der Waals surface area contributed by atoms with Gasteiger partial charge >= 0.3 is 5.69 Å². The quantitative estimate of drug-likeness (QED) is 0.430. The first-order valence-corrected chi connectivity index (χ1v) is 9.80. The van der Waals surface area contributed by atoms with Crippen LogP contribution in [0.25, 0.3) is 0 Å². The highest BCUT2D eigenvalue weighted by molar-refractivity contribution is 6.04. The van der Waals surface area contributed by atoms with Crippen molar-refractivity contribution in [3.63, 3.8) is 0 Å². The number of nitrogens with zero attached hydrogens (tertiary/aromatic N) is 3. The lowest BCUT2D eigenvalue weighted by Gasteiger charge is -2.15. The standard InChI is InChI=1S/C22H22FN5O4/c1-13(24-20(29)12-27-15(3)21(28(31)32)14(2)26-27)16-6-10-19(11-7-16)25-22(30)17-4-8-18(23)9-5-17/h4-11,13H,12H2,1-3H3,(H,24,29)(H,25,30). The lowest BCUT2D eigenvalue weighted by molar-refractivity contribution is -0.386. The molecule has 0 bridgehead atoms. The molecule has 2 aromatic carbocycles. The van der Waals surface area contributed by atoms with Crippen molar-refractivity contribution in [2.24, 2.45) is 0 Å². The van der Waals surface area contributed by atoms with Crippen molar-refractivity contribution in [2.75, 3.05) is 5.32 Å². The Labute approximate surface area is 183 Å². The Morgan fingerprint density at radius 3 is 2.31 bits per heavy atom. The van der Waals surface area contributed by atoms with E-state index in [2.05, 4.69) is 15.7 Å². The summed E-state index contributed by atoms with van der Waals surface area (Å²) in [5, 5.41) is 20.7. The van der Waals surface area contributed by atoms with E-state index in [4.69, 9.17) is 0 Å². The van der Waals surface area contributed by atoms with E-state index in [9.17, 15) is 24.1 Å². The van der Waals surface area contributed by atoms with Crippen LogP contribution in [0.4, 0.5) is 15.8 Å². The van der Waals surface area contributed by atoms with Crippen LogP contribution in [0.15, 0.2) is 48.5 Å². The van der Waals surface area contributed by atoms with Crippen LogP contribution in [0, 0.1) is 29.8 Å². The number of benzene rings is 2. The molecule has 10 heteroatoms. The van der Waals surface area contributed by atoms with Crippen molar-refractivity contribution in [1.29, 1.82) is 0 Å². The Hall–Kier alpha value is -4.08. The van der Waals surface area contributed by atoms with Crippen LogP contribution >= 0.6 is 0 Å². The molecule has 0 spiro atoms. The van der Waals surface area contributed by atoms with Crippen LogP contribution in [0.5, 0.6) is 0 Å². The maximum atomic E-state index is 13.0. The molecule has 3 rings (SSSR count). The topological polar surface area (TPSA) is 119 Å². The fourth-order valence-electron chi connectivity index (χ4n) is 3.27. The lowest BCUT2D eigenvalue weighted by Crippen LogP contribution is -2.30. The molecule has 2 N–H and O–H groups in total. The van der Waals surface area contributed by atoms with E-state index in [1.807, 2.05) is 0 Å². The van der Waals surface area contributed by atoms with Crippen molar-refractivity contribution >= 4 is 23.2 Å². The van der Waals surface area contributed by atoms with Gasteiger partial charge in [-0.25, -0.2) is 4.39 Å². The summed E-state index contributed by atoms with van der Waals surface area (Å²) < 4.78 is 14.3. The zero-order chi connectivity index (χ0) is 23.4. The van der Waals surface area contributed by atoms with Gasteiger partial charge in [0.25, 0.3) is 5.91 Å². The summed E-state index contributed by atoms with van der Waals surface area (Å²) in [5.41, 5.74) is 2.17. The van der Waals surface area contributed by atoms with Gasteiger partial charge in [-0.2, -0.15) is 5.10 Å². The van der Waals surface area contributed by atoms with Crippen LogP contribution in [-0.2, 0) is 11.3 Å². The number of carbonyl (C=O) groups is 2. The average Bonchev–Trinajstić information content (AvgIpc) is 3.01. The average molecular weight is 439 g/mol. The molecule has 0 fully saturated rings. The highest BCUT2D eigenvalue weighted by atomic mass is 19.1. The van der Waals surface area contributed by atoms with E-state index in [0.29, 0.717) is 16.9 Å². The third-order valence-electron chi connectivity index (χ3n) is 4.97. The van der Waals surface area contributed by atoms with Crippen LogP contribution in [0.2, 0.25) is 0 Å².